The third kappa shape index (κ3) is 6.84. The molecule has 29 heavy (non-hydrogen) atoms. The van der Waals surface area contributed by atoms with Gasteiger partial charge in [0.05, 0.1) is 6.26 Å². The normalized spacial score (nSPS) is 15.9. The van der Waals surface area contributed by atoms with Crippen LogP contribution >= 0.6 is 11.6 Å². The zero-order valence-corrected chi connectivity index (χ0v) is 18.1. The molecule has 1 saturated heterocycles. The quantitative estimate of drug-likeness (QED) is 0.532. The fourth-order valence-electron chi connectivity index (χ4n) is 3.61. The molecule has 2 aromatic rings. The predicted molar refractivity (Wildman–Crippen MR) is 116 cm³/mol. The van der Waals surface area contributed by atoms with Crippen LogP contribution in [-0.4, -0.2) is 73.5 Å². The molecule has 0 spiro atoms. The number of H-pyrrole nitrogens is 1. The molecule has 1 aliphatic rings. The summed E-state index contributed by atoms with van der Waals surface area (Å²) < 4.78 is 25.5. The van der Waals surface area contributed by atoms with Crippen LogP contribution in [0.15, 0.2) is 24.3 Å². The van der Waals surface area contributed by atoms with Gasteiger partial charge in [0.15, 0.2) is 0 Å². The Morgan fingerprint density at radius 3 is 2.55 bits per heavy atom. The van der Waals surface area contributed by atoms with Gasteiger partial charge in [0.25, 0.3) is 0 Å². The minimum absolute atomic E-state index is 0.318. The van der Waals surface area contributed by atoms with E-state index in [9.17, 15) is 8.42 Å². The van der Waals surface area contributed by atoms with Gasteiger partial charge in [0.1, 0.15) is 0 Å². The Morgan fingerprint density at radius 1 is 1.28 bits per heavy atom. The second-order valence-electron chi connectivity index (χ2n) is 7.32. The molecule has 11 heteroatoms. The summed E-state index contributed by atoms with van der Waals surface area (Å²) in [5.41, 5.74) is 6.84. The Bertz CT molecular complexity index is 880. The first kappa shape index (κ1) is 21.8. The van der Waals surface area contributed by atoms with Crippen LogP contribution in [0.5, 0.6) is 0 Å². The number of hydrogen-bond donors (Lipinski definition) is 3. The van der Waals surface area contributed by atoms with Crippen LogP contribution in [-0.2, 0) is 16.4 Å². The molecule has 0 radical (unpaired) electrons. The summed E-state index contributed by atoms with van der Waals surface area (Å²) >= 11 is 5.97. The number of nitrogen functional groups attached to an aromatic ring is 1. The van der Waals surface area contributed by atoms with Gasteiger partial charge in [0.2, 0.25) is 21.9 Å². The highest BCUT2D eigenvalue weighted by Gasteiger charge is 2.26. The number of hydrogen-bond acceptors (Lipinski definition) is 7. The Morgan fingerprint density at radius 2 is 1.97 bits per heavy atom. The summed E-state index contributed by atoms with van der Waals surface area (Å²) in [6.45, 7) is 3.58. The summed E-state index contributed by atoms with van der Waals surface area (Å²) in [5.74, 6) is 0.950. The van der Waals surface area contributed by atoms with E-state index in [1.165, 1.54) is 11.8 Å². The summed E-state index contributed by atoms with van der Waals surface area (Å²) in [7, 11) is -3.20. The van der Waals surface area contributed by atoms with Gasteiger partial charge in [0, 0.05) is 43.8 Å². The van der Waals surface area contributed by atoms with E-state index in [-0.39, 0.29) is 0 Å². The van der Waals surface area contributed by atoms with Crippen LogP contribution in [0.1, 0.15) is 18.4 Å². The fourth-order valence-corrected chi connectivity index (χ4v) is 4.20. The molecule has 0 unspecified atom stereocenters. The van der Waals surface area contributed by atoms with E-state index in [4.69, 9.17) is 17.3 Å². The minimum atomic E-state index is -3.20. The number of nitrogens with two attached hydrogens (primary N) is 1. The number of aromatic nitrogens is 3. The fraction of sp³-hybridized carbons (Fsp3) is 0.556. The maximum Gasteiger partial charge on any atom is 0.246 e. The van der Waals surface area contributed by atoms with E-state index < -0.39 is 10.0 Å². The highest BCUT2D eigenvalue weighted by Crippen LogP contribution is 2.21. The van der Waals surface area contributed by atoms with Crippen molar-refractivity contribution >= 4 is 33.5 Å². The second kappa shape index (κ2) is 9.75. The predicted octanol–water partition coefficient (Wildman–Crippen LogP) is 1.10. The zero-order valence-electron chi connectivity index (χ0n) is 16.5. The molecule has 2 heterocycles. The van der Waals surface area contributed by atoms with Crippen molar-refractivity contribution in [1.82, 2.24) is 24.8 Å². The van der Waals surface area contributed by atoms with Gasteiger partial charge in [-0.2, -0.15) is 4.98 Å². The number of anilines is 2. The van der Waals surface area contributed by atoms with Gasteiger partial charge in [-0.15, -0.1) is 5.10 Å². The highest BCUT2D eigenvalue weighted by atomic mass is 35.5. The molecule has 0 atom stereocenters. The van der Waals surface area contributed by atoms with Crippen molar-refractivity contribution in [2.75, 3.05) is 49.6 Å². The third-order valence-electron chi connectivity index (χ3n) is 5.12. The molecule has 0 bridgehead atoms. The van der Waals surface area contributed by atoms with Gasteiger partial charge in [-0.1, -0.05) is 23.7 Å². The number of nitrogens with zero attached hydrogens (tertiary/aromatic N) is 4. The standard InChI is InChI=1S/C18H28ClN7O2S/c1-29(27,28)21-9-13-25(10-6-14-2-4-15(19)5-3-14)16-7-11-26(12-8-16)18-22-17(20)23-24-18/h2-5,16,21H,6-13H2,1H3,(H3,20,22,23,24). The number of rotatable bonds is 9. The number of nitrogens with one attached hydrogen (secondary N) is 2. The van der Waals surface area contributed by atoms with Crippen LogP contribution < -0.4 is 15.4 Å². The molecular weight excluding hydrogens is 414 g/mol. The van der Waals surface area contributed by atoms with Gasteiger partial charge in [-0.3, -0.25) is 4.90 Å². The van der Waals surface area contributed by atoms with Crippen molar-refractivity contribution in [2.24, 2.45) is 0 Å². The molecule has 0 amide bonds. The lowest BCUT2D eigenvalue weighted by Crippen LogP contribution is -2.48. The van der Waals surface area contributed by atoms with E-state index in [1.807, 2.05) is 24.3 Å². The average Bonchev–Trinajstić information content (AvgIpc) is 3.11. The maximum atomic E-state index is 11.4. The van der Waals surface area contributed by atoms with E-state index in [2.05, 4.69) is 29.7 Å². The van der Waals surface area contributed by atoms with Crippen LogP contribution in [0.4, 0.5) is 11.9 Å². The second-order valence-corrected chi connectivity index (χ2v) is 9.59. The van der Waals surface area contributed by atoms with Crippen molar-refractivity contribution in [3.63, 3.8) is 0 Å². The van der Waals surface area contributed by atoms with Crippen LogP contribution in [0.2, 0.25) is 5.02 Å². The summed E-state index contributed by atoms with van der Waals surface area (Å²) in [4.78, 5) is 8.69. The lowest BCUT2D eigenvalue weighted by atomic mass is 10.0. The number of sulfonamides is 1. The number of aromatic amines is 1. The first-order valence-electron chi connectivity index (χ1n) is 9.66. The molecule has 0 saturated carbocycles. The lowest BCUT2D eigenvalue weighted by molar-refractivity contribution is 0.173. The van der Waals surface area contributed by atoms with E-state index >= 15 is 0 Å². The van der Waals surface area contributed by atoms with Gasteiger partial charge < -0.3 is 10.6 Å². The number of benzene rings is 1. The molecule has 1 aromatic heterocycles. The number of halogens is 1. The van der Waals surface area contributed by atoms with Crippen molar-refractivity contribution in [3.8, 4) is 0 Å². The summed E-state index contributed by atoms with van der Waals surface area (Å²) in [5, 5.41) is 7.53. The van der Waals surface area contributed by atoms with Gasteiger partial charge in [-0.05, 0) is 37.0 Å². The van der Waals surface area contributed by atoms with E-state index in [0.717, 1.165) is 43.9 Å². The van der Waals surface area contributed by atoms with Crippen LogP contribution in [0.25, 0.3) is 0 Å². The Hall–Kier alpha value is -1.88. The van der Waals surface area contributed by atoms with Crippen LogP contribution in [0.3, 0.4) is 0 Å². The summed E-state index contributed by atoms with van der Waals surface area (Å²) in [6.07, 6.45) is 3.97. The van der Waals surface area contributed by atoms with E-state index in [0.29, 0.717) is 31.0 Å². The topological polar surface area (TPSA) is 120 Å². The smallest absolute Gasteiger partial charge is 0.246 e. The largest absolute Gasteiger partial charge is 0.368 e. The first-order valence-corrected chi connectivity index (χ1v) is 11.9. The first-order chi connectivity index (χ1) is 13.8. The van der Waals surface area contributed by atoms with Crippen molar-refractivity contribution < 1.29 is 8.42 Å². The van der Waals surface area contributed by atoms with Gasteiger partial charge >= 0.3 is 0 Å². The van der Waals surface area contributed by atoms with Gasteiger partial charge in [-0.25, -0.2) is 18.2 Å². The lowest BCUT2D eigenvalue weighted by Gasteiger charge is -2.38. The third-order valence-corrected chi connectivity index (χ3v) is 6.10. The molecule has 1 aliphatic heterocycles. The molecule has 160 valence electrons. The van der Waals surface area contributed by atoms with Crippen molar-refractivity contribution in [3.05, 3.63) is 34.9 Å². The van der Waals surface area contributed by atoms with Crippen molar-refractivity contribution in [1.29, 1.82) is 0 Å². The minimum Gasteiger partial charge on any atom is -0.368 e. The average molecular weight is 442 g/mol. The molecular formula is C18H28ClN7O2S. The molecule has 0 aliphatic carbocycles. The Kier molecular flexibility index (Phi) is 7.33. The molecule has 1 aromatic carbocycles. The monoisotopic (exact) mass is 441 g/mol. The highest BCUT2D eigenvalue weighted by molar-refractivity contribution is 7.88. The molecule has 9 nitrogen and oxygen atoms in total. The zero-order chi connectivity index (χ0) is 20.9. The molecule has 3 rings (SSSR count). The van der Waals surface area contributed by atoms with Crippen LogP contribution in [0, 0.1) is 0 Å². The molecule has 4 N–H and O–H groups in total. The maximum absolute atomic E-state index is 11.4. The summed E-state index contributed by atoms with van der Waals surface area (Å²) in [6, 6.07) is 8.23. The SMILES string of the molecule is CS(=O)(=O)NCCN(CCc1ccc(Cl)cc1)C1CCN(c2n[nH]c(N)n2)CC1. The Balaban J connectivity index is 1.58. The number of piperidine rings is 1. The van der Waals surface area contributed by atoms with Crippen molar-refractivity contribution in [2.45, 2.75) is 25.3 Å². The van der Waals surface area contributed by atoms with E-state index in [1.54, 1.807) is 0 Å². The Labute approximate surface area is 176 Å². The molecule has 1 fully saturated rings.